The number of carbonyl (C=O) groups excluding carboxylic acids is 1. The molecule has 2 aliphatic heterocycles. The van der Waals surface area contributed by atoms with Crippen LogP contribution in [0.3, 0.4) is 0 Å². The minimum atomic E-state index is -3.46. The molecule has 2 aromatic carbocycles. The van der Waals surface area contributed by atoms with Crippen LogP contribution >= 0.6 is 0 Å². The Kier molecular flexibility index (Phi) is 5.48. The topological polar surface area (TPSA) is 75.7 Å². The molecule has 1 fully saturated rings. The Morgan fingerprint density at radius 2 is 1.71 bits per heavy atom. The van der Waals surface area contributed by atoms with E-state index in [1.165, 1.54) is 27.6 Å². The number of ether oxygens (including phenoxy) is 1. The molecule has 4 rings (SSSR count). The van der Waals surface area contributed by atoms with Gasteiger partial charge < -0.3 is 10.1 Å². The van der Waals surface area contributed by atoms with Gasteiger partial charge in [0.05, 0.1) is 17.6 Å². The van der Waals surface area contributed by atoms with Crippen molar-refractivity contribution in [2.45, 2.75) is 36.9 Å². The molecule has 1 amide bonds. The number of benzene rings is 2. The van der Waals surface area contributed by atoms with Crippen molar-refractivity contribution in [2.24, 2.45) is 0 Å². The van der Waals surface area contributed by atoms with Gasteiger partial charge in [-0.15, -0.1) is 0 Å². The van der Waals surface area contributed by atoms with Crippen molar-refractivity contribution < 1.29 is 17.9 Å². The fourth-order valence-electron chi connectivity index (χ4n) is 3.70. The van der Waals surface area contributed by atoms with Gasteiger partial charge in [-0.25, -0.2) is 8.42 Å². The van der Waals surface area contributed by atoms with Gasteiger partial charge in [-0.2, -0.15) is 4.31 Å². The van der Waals surface area contributed by atoms with Crippen molar-refractivity contribution in [1.82, 2.24) is 9.62 Å². The summed E-state index contributed by atoms with van der Waals surface area (Å²) in [6.45, 7) is 2.10. The maximum absolute atomic E-state index is 12.6. The van der Waals surface area contributed by atoms with Crippen LogP contribution < -0.4 is 5.32 Å². The number of amides is 1. The third-order valence-electron chi connectivity index (χ3n) is 5.35. The number of nitrogens with one attached hydrogen (secondary N) is 1. The van der Waals surface area contributed by atoms with E-state index in [4.69, 9.17) is 4.74 Å². The van der Waals surface area contributed by atoms with E-state index < -0.39 is 10.0 Å². The summed E-state index contributed by atoms with van der Waals surface area (Å²) >= 11 is 0. The van der Waals surface area contributed by atoms with Gasteiger partial charge in [0.15, 0.2) is 0 Å². The second-order valence-corrected chi connectivity index (χ2v) is 9.19. The summed E-state index contributed by atoms with van der Waals surface area (Å²) in [5, 5.41) is 2.89. The lowest BCUT2D eigenvalue weighted by molar-refractivity contribution is 0.0285. The van der Waals surface area contributed by atoms with Gasteiger partial charge in [0.25, 0.3) is 5.91 Å². The number of hydrogen-bond acceptors (Lipinski definition) is 4. The van der Waals surface area contributed by atoms with E-state index in [2.05, 4.69) is 17.4 Å². The Balaban J connectivity index is 1.35. The molecule has 2 aromatic rings. The van der Waals surface area contributed by atoms with Gasteiger partial charge in [0.1, 0.15) is 0 Å². The van der Waals surface area contributed by atoms with Crippen molar-refractivity contribution in [2.75, 3.05) is 19.6 Å². The van der Waals surface area contributed by atoms with Crippen molar-refractivity contribution in [3.8, 4) is 0 Å². The minimum Gasteiger partial charge on any atom is -0.371 e. The zero-order chi connectivity index (χ0) is 19.6. The Bertz CT molecular complexity index is 951. The highest BCUT2D eigenvalue weighted by atomic mass is 32.2. The van der Waals surface area contributed by atoms with Crippen LogP contribution in [0.4, 0.5) is 0 Å². The molecule has 0 saturated carbocycles. The molecule has 0 bridgehead atoms. The first-order chi connectivity index (χ1) is 13.5. The smallest absolute Gasteiger partial charge is 0.251 e. The summed E-state index contributed by atoms with van der Waals surface area (Å²) in [7, 11) is -3.46. The predicted octanol–water partition coefficient (Wildman–Crippen LogP) is 2.34. The summed E-state index contributed by atoms with van der Waals surface area (Å²) in [4.78, 5) is 12.7. The first-order valence-corrected chi connectivity index (χ1v) is 11.0. The lowest BCUT2D eigenvalue weighted by Gasteiger charge is -2.25. The monoisotopic (exact) mass is 400 g/mol. The minimum absolute atomic E-state index is 0.0614. The molecule has 148 valence electrons. The number of rotatable bonds is 5. The van der Waals surface area contributed by atoms with Crippen molar-refractivity contribution in [3.63, 3.8) is 0 Å². The third kappa shape index (κ3) is 3.97. The van der Waals surface area contributed by atoms with Crippen molar-refractivity contribution in [3.05, 3.63) is 65.2 Å². The first kappa shape index (κ1) is 19.1. The second kappa shape index (κ2) is 8.03. The highest BCUT2D eigenvalue weighted by Gasteiger charge is 2.27. The van der Waals surface area contributed by atoms with Crippen LogP contribution in [-0.2, 0) is 27.8 Å². The van der Waals surface area contributed by atoms with Gasteiger partial charge >= 0.3 is 0 Å². The van der Waals surface area contributed by atoms with Crippen LogP contribution in [0, 0.1) is 0 Å². The van der Waals surface area contributed by atoms with Crippen LogP contribution in [0.5, 0.6) is 0 Å². The number of nitrogens with zero attached hydrogens (tertiary/aromatic N) is 1. The molecular weight excluding hydrogens is 376 g/mol. The molecule has 2 aliphatic rings. The van der Waals surface area contributed by atoms with E-state index in [9.17, 15) is 13.2 Å². The summed E-state index contributed by atoms with van der Waals surface area (Å²) < 4.78 is 32.4. The first-order valence-electron chi connectivity index (χ1n) is 9.61. The fourth-order valence-corrected chi connectivity index (χ4v) is 5.22. The van der Waals surface area contributed by atoms with E-state index in [-0.39, 0.29) is 16.9 Å². The van der Waals surface area contributed by atoms with Gasteiger partial charge in [0.2, 0.25) is 10.0 Å². The molecule has 0 radical (unpaired) electrons. The number of hydrogen-bond donors (Lipinski definition) is 1. The van der Waals surface area contributed by atoms with E-state index in [1.54, 1.807) is 12.1 Å². The number of sulfonamides is 1. The van der Waals surface area contributed by atoms with Gasteiger partial charge in [-0.3, -0.25) is 4.79 Å². The standard InChI is InChI=1S/C21H24N2O4S/c24-21(22-14-19-13-17-5-1-2-6-18(17)15-27-19)16-7-9-20(10-8-16)28(25,26)23-11-3-4-12-23/h1-2,5-10,19H,3-4,11-15H2,(H,22,24). The van der Waals surface area contributed by atoms with E-state index >= 15 is 0 Å². The zero-order valence-corrected chi connectivity index (χ0v) is 16.5. The largest absolute Gasteiger partial charge is 0.371 e. The second-order valence-electron chi connectivity index (χ2n) is 7.25. The van der Waals surface area contributed by atoms with Crippen LogP contribution in [0.25, 0.3) is 0 Å². The van der Waals surface area contributed by atoms with E-state index in [0.717, 1.165) is 19.3 Å². The molecule has 0 aliphatic carbocycles. The average molecular weight is 401 g/mol. The van der Waals surface area contributed by atoms with Gasteiger partial charge in [0, 0.05) is 31.6 Å². The third-order valence-corrected chi connectivity index (χ3v) is 7.26. The summed E-state index contributed by atoms with van der Waals surface area (Å²) in [5.41, 5.74) is 2.89. The van der Waals surface area contributed by atoms with Gasteiger partial charge in [-0.1, -0.05) is 24.3 Å². The molecule has 2 heterocycles. The van der Waals surface area contributed by atoms with E-state index in [1.807, 2.05) is 12.1 Å². The van der Waals surface area contributed by atoms with Crippen molar-refractivity contribution >= 4 is 15.9 Å². The average Bonchev–Trinajstić information content (AvgIpc) is 3.28. The quantitative estimate of drug-likeness (QED) is 0.836. The zero-order valence-electron chi connectivity index (χ0n) is 15.6. The Hall–Kier alpha value is -2.22. The molecule has 0 aromatic heterocycles. The van der Waals surface area contributed by atoms with Crippen molar-refractivity contribution in [1.29, 1.82) is 0 Å². The fraction of sp³-hybridized carbons (Fsp3) is 0.381. The molecule has 1 N–H and O–H groups in total. The molecule has 1 atom stereocenters. The summed E-state index contributed by atoms with van der Waals surface area (Å²) in [6.07, 6.45) is 2.50. The molecule has 6 nitrogen and oxygen atoms in total. The SMILES string of the molecule is O=C(NCC1Cc2ccccc2CO1)c1ccc(S(=O)(=O)N2CCCC2)cc1. The Morgan fingerprint density at radius 3 is 2.43 bits per heavy atom. The lowest BCUT2D eigenvalue weighted by atomic mass is 9.99. The molecule has 1 unspecified atom stereocenters. The van der Waals surface area contributed by atoms with Crippen LogP contribution in [0.1, 0.15) is 34.3 Å². The van der Waals surface area contributed by atoms with Crippen LogP contribution in [0.2, 0.25) is 0 Å². The maximum atomic E-state index is 12.6. The maximum Gasteiger partial charge on any atom is 0.251 e. The number of fused-ring (bicyclic) bond motifs is 1. The van der Waals surface area contributed by atoms with Crippen LogP contribution in [-0.4, -0.2) is 44.4 Å². The summed E-state index contributed by atoms with van der Waals surface area (Å²) in [6, 6.07) is 14.3. The molecule has 0 spiro atoms. The van der Waals surface area contributed by atoms with E-state index in [0.29, 0.717) is 31.8 Å². The Morgan fingerprint density at radius 1 is 1.04 bits per heavy atom. The lowest BCUT2D eigenvalue weighted by Crippen LogP contribution is -2.36. The molecule has 1 saturated heterocycles. The highest BCUT2D eigenvalue weighted by molar-refractivity contribution is 7.89. The number of carbonyl (C=O) groups is 1. The van der Waals surface area contributed by atoms with Gasteiger partial charge in [-0.05, 0) is 48.2 Å². The predicted molar refractivity (Wildman–Crippen MR) is 105 cm³/mol. The van der Waals surface area contributed by atoms with Crippen LogP contribution in [0.15, 0.2) is 53.4 Å². The normalized spacial score (nSPS) is 19.9. The summed E-state index contributed by atoms with van der Waals surface area (Å²) in [5.74, 6) is -0.229. The molecule has 28 heavy (non-hydrogen) atoms. The highest BCUT2D eigenvalue weighted by Crippen LogP contribution is 2.22. The Labute approximate surface area is 165 Å². The molecule has 7 heteroatoms. The molecular formula is C21H24N2O4S.